The summed E-state index contributed by atoms with van der Waals surface area (Å²) in [6.45, 7) is 3.02. The summed E-state index contributed by atoms with van der Waals surface area (Å²) in [7, 11) is 2.09. The van der Waals surface area contributed by atoms with E-state index in [0.717, 1.165) is 11.6 Å². The first-order valence-corrected chi connectivity index (χ1v) is 6.91. The highest BCUT2D eigenvalue weighted by Crippen LogP contribution is 2.24. The van der Waals surface area contributed by atoms with Crippen molar-refractivity contribution in [1.29, 1.82) is 0 Å². The number of nitrogens with zero attached hydrogens (tertiary/aromatic N) is 2. The van der Waals surface area contributed by atoms with Gasteiger partial charge in [0, 0.05) is 28.7 Å². The molecule has 0 fully saturated rings. The van der Waals surface area contributed by atoms with E-state index in [9.17, 15) is 0 Å². The molecule has 2 rings (SSSR count). The lowest BCUT2D eigenvalue weighted by molar-refractivity contribution is 0.255. The van der Waals surface area contributed by atoms with Crippen LogP contribution in [-0.4, -0.2) is 16.9 Å². The first-order chi connectivity index (χ1) is 8.56. The van der Waals surface area contributed by atoms with E-state index in [1.165, 1.54) is 21.8 Å². The third kappa shape index (κ3) is 4.35. The Bertz CT molecular complexity index is 513. The summed E-state index contributed by atoms with van der Waals surface area (Å²) in [6.07, 6.45) is 1.84. The van der Waals surface area contributed by atoms with Crippen molar-refractivity contribution in [3.63, 3.8) is 0 Å². The molecule has 1 heterocycles. The van der Waals surface area contributed by atoms with Crippen LogP contribution in [0.25, 0.3) is 0 Å². The Kier molecular flexibility index (Phi) is 6.07. The second-order valence-electron chi connectivity index (χ2n) is 4.31. The van der Waals surface area contributed by atoms with E-state index in [1.807, 2.05) is 18.3 Å². The minimum atomic E-state index is 0. The van der Waals surface area contributed by atoms with Crippen LogP contribution in [0.3, 0.4) is 0 Å². The summed E-state index contributed by atoms with van der Waals surface area (Å²) in [6, 6.07) is 8.29. The van der Waals surface area contributed by atoms with E-state index in [-0.39, 0.29) is 12.4 Å². The lowest BCUT2D eigenvalue weighted by atomic mass is 10.1. The second kappa shape index (κ2) is 7.10. The van der Waals surface area contributed by atoms with E-state index in [4.69, 9.17) is 17.3 Å². The number of nitrogen functional groups attached to an aromatic ring is 1. The normalized spacial score (nSPS) is 12.2. The van der Waals surface area contributed by atoms with Crippen LogP contribution in [0.15, 0.2) is 30.5 Å². The average molecular weight is 318 g/mol. The monoisotopic (exact) mass is 317 g/mol. The number of hydrogen-bond acceptors (Lipinski definition) is 4. The van der Waals surface area contributed by atoms with Gasteiger partial charge in [-0.05, 0) is 31.7 Å². The van der Waals surface area contributed by atoms with Gasteiger partial charge in [-0.25, -0.2) is 4.98 Å². The van der Waals surface area contributed by atoms with E-state index in [0.29, 0.717) is 11.2 Å². The van der Waals surface area contributed by atoms with E-state index in [2.05, 4.69) is 36.0 Å². The lowest BCUT2D eigenvalue weighted by Crippen LogP contribution is -2.21. The number of aromatic nitrogens is 1. The molecule has 0 saturated carbocycles. The molecule has 1 aromatic heterocycles. The maximum absolute atomic E-state index is 5.89. The smallest absolute Gasteiger partial charge is 0.180 e. The fourth-order valence-corrected chi connectivity index (χ4v) is 2.65. The van der Waals surface area contributed by atoms with Gasteiger partial charge in [-0.2, -0.15) is 0 Å². The van der Waals surface area contributed by atoms with E-state index >= 15 is 0 Å². The molecule has 0 aliphatic heterocycles. The Morgan fingerprint density at radius 3 is 2.53 bits per heavy atom. The molecule has 0 spiro atoms. The Morgan fingerprint density at radius 1 is 1.37 bits per heavy atom. The largest absolute Gasteiger partial charge is 0.375 e. The minimum absolute atomic E-state index is 0. The van der Waals surface area contributed by atoms with Crippen LogP contribution in [0.1, 0.15) is 23.4 Å². The first kappa shape index (κ1) is 16.2. The van der Waals surface area contributed by atoms with Gasteiger partial charge >= 0.3 is 0 Å². The van der Waals surface area contributed by atoms with E-state index in [1.54, 1.807) is 0 Å². The number of rotatable bonds is 4. The molecule has 3 nitrogen and oxygen atoms in total. The molecule has 2 N–H and O–H groups in total. The Labute approximate surface area is 128 Å². The summed E-state index contributed by atoms with van der Waals surface area (Å²) in [4.78, 5) is 7.50. The first-order valence-electron chi connectivity index (χ1n) is 5.72. The third-order valence-corrected chi connectivity index (χ3v) is 4.05. The average Bonchev–Trinajstić information content (AvgIpc) is 2.75. The molecular weight excluding hydrogens is 301 g/mol. The van der Waals surface area contributed by atoms with Crippen LogP contribution >= 0.6 is 35.3 Å². The Morgan fingerprint density at radius 2 is 2.00 bits per heavy atom. The van der Waals surface area contributed by atoms with Gasteiger partial charge in [-0.1, -0.05) is 23.7 Å². The molecule has 6 heteroatoms. The number of thiazole rings is 1. The van der Waals surface area contributed by atoms with Gasteiger partial charge < -0.3 is 5.73 Å². The topological polar surface area (TPSA) is 42.2 Å². The molecule has 0 saturated heterocycles. The predicted molar refractivity (Wildman–Crippen MR) is 85.1 cm³/mol. The summed E-state index contributed by atoms with van der Waals surface area (Å²) < 4.78 is 0. The third-order valence-electron chi connectivity index (χ3n) is 2.99. The second-order valence-corrected chi connectivity index (χ2v) is 5.89. The van der Waals surface area contributed by atoms with Crippen molar-refractivity contribution in [2.45, 2.75) is 19.5 Å². The molecule has 19 heavy (non-hydrogen) atoms. The fourth-order valence-electron chi connectivity index (χ4n) is 1.77. The zero-order chi connectivity index (χ0) is 13.1. The Hall–Kier alpha value is -0.810. The fraction of sp³-hybridized carbons (Fsp3) is 0.308. The lowest BCUT2D eigenvalue weighted by Gasteiger charge is -2.24. The summed E-state index contributed by atoms with van der Waals surface area (Å²) >= 11 is 7.43. The molecule has 0 aliphatic carbocycles. The maximum Gasteiger partial charge on any atom is 0.180 e. The van der Waals surface area contributed by atoms with E-state index < -0.39 is 0 Å². The minimum Gasteiger partial charge on any atom is -0.375 e. The maximum atomic E-state index is 5.89. The molecule has 1 aromatic carbocycles. The Balaban J connectivity index is 0.00000180. The predicted octanol–water partition coefficient (Wildman–Crippen LogP) is 3.99. The van der Waals surface area contributed by atoms with Crippen molar-refractivity contribution in [2.24, 2.45) is 0 Å². The molecule has 1 atom stereocenters. The van der Waals surface area contributed by atoms with Crippen LogP contribution in [0.5, 0.6) is 0 Å². The zero-order valence-corrected chi connectivity index (χ0v) is 13.2. The number of hydrogen-bond donors (Lipinski definition) is 1. The molecular formula is C13H17Cl2N3S. The molecule has 1 unspecified atom stereocenters. The molecule has 2 aromatic rings. The van der Waals surface area contributed by atoms with Crippen molar-refractivity contribution in [3.8, 4) is 0 Å². The summed E-state index contributed by atoms with van der Waals surface area (Å²) in [5, 5.41) is 1.39. The van der Waals surface area contributed by atoms with Crippen LogP contribution in [-0.2, 0) is 6.54 Å². The van der Waals surface area contributed by atoms with Gasteiger partial charge in [0.05, 0.1) is 0 Å². The molecule has 0 radical (unpaired) electrons. The van der Waals surface area contributed by atoms with Gasteiger partial charge in [-0.3, -0.25) is 4.90 Å². The van der Waals surface area contributed by atoms with Crippen molar-refractivity contribution < 1.29 is 0 Å². The molecule has 0 bridgehead atoms. The number of nitrogens with two attached hydrogens (primary N) is 1. The van der Waals surface area contributed by atoms with Gasteiger partial charge in [0.1, 0.15) is 0 Å². The van der Waals surface area contributed by atoms with Crippen molar-refractivity contribution in [1.82, 2.24) is 9.88 Å². The van der Waals surface area contributed by atoms with Crippen LogP contribution in [0, 0.1) is 0 Å². The highest BCUT2D eigenvalue weighted by atomic mass is 35.5. The van der Waals surface area contributed by atoms with Crippen LogP contribution in [0.4, 0.5) is 5.13 Å². The molecule has 104 valence electrons. The van der Waals surface area contributed by atoms with Gasteiger partial charge in [0.15, 0.2) is 5.13 Å². The molecule has 0 aliphatic rings. The van der Waals surface area contributed by atoms with Gasteiger partial charge in [0.2, 0.25) is 0 Å². The van der Waals surface area contributed by atoms with Crippen molar-refractivity contribution >= 4 is 40.5 Å². The van der Waals surface area contributed by atoms with Gasteiger partial charge in [0.25, 0.3) is 0 Å². The SMILES string of the molecule is CC(c1ccc(Cl)cc1)N(C)Cc1cnc(N)s1.Cl. The highest BCUT2D eigenvalue weighted by molar-refractivity contribution is 7.15. The highest BCUT2D eigenvalue weighted by Gasteiger charge is 2.13. The number of halogens is 2. The van der Waals surface area contributed by atoms with Crippen molar-refractivity contribution in [2.75, 3.05) is 12.8 Å². The zero-order valence-electron chi connectivity index (χ0n) is 10.8. The summed E-state index contributed by atoms with van der Waals surface area (Å²) in [5.74, 6) is 0. The molecule has 0 amide bonds. The standard InChI is InChI=1S/C13H16ClN3S.ClH/c1-9(10-3-5-11(14)6-4-10)17(2)8-12-7-16-13(15)18-12;/h3-7,9H,8H2,1-2H3,(H2,15,16);1H. The van der Waals surface area contributed by atoms with Crippen LogP contribution in [0.2, 0.25) is 5.02 Å². The quantitative estimate of drug-likeness (QED) is 0.927. The van der Waals surface area contributed by atoms with Crippen LogP contribution < -0.4 is 5.73 Å². The van der Waals surface area contributed by atoms with Gasteiger partial charge in [-0.15, -0.1) is 23.7 Å². The number of benzene rings is 1. The van der Waals surface area contributed by atoms with Crippen molar-refractivity contribution in [3.05, 3.63) is 45.9 Å². The summed E-state index contributed by atoms with van der Waals surface area (Å²) in [5.41, 5.74) is 6.88. The number of anilines is 1.